The minimum absolute atomic E-state index is 0.584. The lowest BCUT2D eigenvalue weighted by atomic mass is 10.2. The van der Waals surface area contributed by atoms with Gasteiger partial charge in [0.2, 0.25) is 0 Å². The summed E-state index contributed by atoms with van der Waals surface area (Å²) < 4.78 is 3.81. The number of fused-ring (bicyclic) bond motifs is 3. The van der Waals surface area contributed by atoms with E-state index in [0.717, 1.165) is 39.2 Å². The van der Waals surface area contributed by atoms with Crippen LogP contribution in [0.2, 0.25) is 5.02 Å². The van der Waals surface area contributed by atoms with Crippen LogP contribution in [-0.2, 0) is 0 Å². The molecule has 0 aliphatic heterocycles. The molecule has 132 valence electrons. The zero-order chi connectivity index (χ0) is 18.5. The molecule has 0 unspecified atom stereocenters. The molecular formula is C20H15ClN6. The molecule has 0 N–H and O–H groups in total. The summed E-state index contributed by atoms with van der Waals surface area (Å²) in [4.78, 5) is 13.7. The highest BCUT2D eigenvalue weighted by Crippen LogP contribution is 2.31. The monoisotopic (exact) mass is 374 g/mol. The molecule has 0 saturated heterocycles. The van der Waals surface area contributed by atoms with Crippen LogP contribution in [0, 0.1) is 13.8 Å². The average Bonchev–Trinajstić information content (AvgIpc) is 3.22. The molecule has 5 rings (SSSR count). The van der Waals surface area contributed by atoms with Crippen molar-refractivity contribution in [1.82, 2.24) is 29.1 Å². The molecule has 0 saturated carbocycles. The lowest BCUT2D eigenvalue weighted by Crippen LogP contribution is -1.99. The Morgan fingerprint density at radius 1 is 1.00 bits per heavy atom. The summed E-state index contributed by atoms with van der Waals surface area (Å²) in [5.74, 6) is 0.584. The largest absolute Gasteiger partial charge is 0.297 e. The molecule has 7 heteroatoms. The Labute approximate surface area is 160 Å². The summed E-state index contributed by atoms with van der Waals surface area (Å²) in [6.07, 6.45) is 5.28. The predicted molar refractivity (Wildman–Crippen MR) is 105 cm³/mol. The maximum absolute atomic E-state index is 6.33. The zero-order valence-corrected chi connectivity index (χ0v) is 15.5. The van der Waals surface area contributed by atoms with Crippen LogP contribution in [0.4, 0.5) is 0 Å². The number of halogens is 1. The normalized spacial score (nSPS) is 11.5. The van der Waals surface area contributed by atoms with Crippen LogP contribution in [0.15, 0.2) is 55.1 Å². The molecule has 27 heavy (non-hydrogen) atoms. The van der Waals surface area contributed by atoms with Crippen LogP contribution in [0.25, 0.3) is 33.8 Å². The minimum atomic E-state index is 0.584. The molecule has 0 bridgehead atoms. The molecule has 0 atom stereocenters. The van der Waals surface area contributed by atoms with Gasteiger partial charge < -0.3 is 0 Å². The van der Waals surface area contributed by atoms with Crippen LogP contribution in [-0.4, -0.2) is 29.1 Å². The van der Waals surface area contributed by atoms with Gasteiger partial charge in [0, 0.05) is 17.5 Å². The van der Waals surface area contributed by atoms with Gasteiger partial charge in [-0.25, -0.2) is 14.5 Å². The summed E-state index contributed by atoms with van der Waals surface area (Å²) in [7, 11) is 0. The average molecular weight is 375 g/mol. The second-order valence-corrected chi connectivity index (χ2v) is 6.79. The van der Waals surface area contributed by atoms with Gasteiger partial charge in [-0.2, -0.15) is 0 Å². The molecular weight excluding hydrogens is 360 g/mol. The summed E-state index contributed by atoms with van der Waals surface area (Å²) >= 11 is 6.33. The smallest absolute Gasteiger partial charge is 0.183 e. The van der Waals surface area contributed by atoms with Crippen molar-refractivity contribution in [2.45, 2.75) is 13.8 Å². The number of aromatic nitrogens is 6. The molecule has 0 spiro atoms. The first-order valence-corrected chi connectivity index (χ1v) is 8.91. The Bertz CT molecular complexity index is 1300. The van der Waals surface area contributed by atoms with E-state index in [-0.39, 0.29) is 0 Å². The van der Waals surface area contributed by atoms with Crippen molar-refractivity contribution in [1.29, 1.82) is 0 Å². The van der Waals surface area contributed by atoms with E-state index in [0.29, 0.717) is 10.8 Å². The van der Waals surface area contributed by atoms with Crippen molar-refractivity contribution in [2.75, 3.05) is 0 Å². The first-order valence-electron chi connectivity index (χ1n) is 8.53. The van der Waals surface area contributed by atoms with Crippen molar-refractivity contribution in [2.24, 2.45) is 0 Å². The quantitative estimate of drug-likeness (QED) is 0.459. The van der Waals surface area contributed by atoms with Crippen LogP contribution >= 0.6 is 11.6 Å². The van der Waals surface area contributed by atoms with Crippen LogP contribution in [0.5, 0.6) is 0 Å². The van der Waals surface area contributed by atoms with Crippen molar-refractivity contribution in [3.8, 4) is 17.1 Å². The summed E-state index contributed by atoms with van der Waals surface area (Å²) in [6.45, 7) is 4.15. The number of hydrogen-bond acceptors (Lipinski definition) is 4. The number of pyridine rings is 1. The summed E-state index contributed by atoms with van der Waals surface area (Å²) in [6, 6.07) is 11.5. The summed E-state index contributed by atoms with van der Waals surface area (Å²) in [5.41, 5.74) is 5.58. The van der Waals surface area contributed by atoms with E-state index in [1.165, 1.54) is 0 Å². The van der Waals surface area contributed by atoms with Crippen molar-refractivity contribution < 1.29 is 0 Å². The van der Waals surface area contributed by atoms with E-state index < -0.39 is 0 Å². The molecule has 4 aromatic heterocycles. The Morgan fingerprint density at radius 2 is 1.85 bits per heavy atom. The van der Waals surface area contributed by atoms with E-state index in [9.17, 15) is 0 Å². The molecule has 0 aliphatic carbocycles. The first kappa shape index (κ1) is 16.0. The van der Waals surface area contributed by atoms with E-state index >= 15 is 0 Å². The van der Waals surface area contributed by atoms with Gasteiger partial charge in [-0.1, -0.05) is 23.7 Å². The van der Waals surface area contributed by atoms with Gasteiger partial charge in [-0.3, -0.25) is 9.55 Å². The van der Waals surface area contributed by atoms with Crippen LogP contribution in [0.3, 0.4) is 0 Å². The Hall–Kier alpha value is -3.25. The van der Waals surface area contributed by atoms with Crippen LogP contribution in [0.1, 0.15) is 11.3 Å². The molecule has 5 aromatic rings. The van der Waals surface area contributed by atoms with Gasteiger partial charge in [-0.15, -0.1) is 5.10 Å². The minimum Gasteiger partial charge on any atom is -0.297 e. The molecule has 0 radical (unpaired) electrons. The first-order chi connectivity index (χ1) is 13.1. The second kappa shape index (κ2) is 5.89. The molecule has 0 amide bonds. The lowest BCUT2D eigenvalue weighted by molar-refractivity contribution is 0.926. The number of hydrogen-bond donors (Lipinski definition) is 0. The van der Waals surface area contributed by atoms with E-state index in [1.807, 2.05) is 42.6 Å². The molecule has 0 fully saturated rings. The summed E-state index contributed by atoms with van der Waals surface area (Å²) in [5, 5.41) is 6.18. The van der Waals surface area contributed by atoms with Crippen LogP contribution < -0.4 is 0 Å². The molecule has 0 aliphatic rings. The number of rotatable bonds is 2. The Balaban J connectivity index is 1.83. The molecule has 6 nitrogen and oxygen atoms in total. The number of nitrogens with zero attached hydrogens (tertiary/aromatic N) is 6. The standard InChI is InChI=1S/C20H15ClN6/c1-12-13(2)27(14-6-5-9-22-10-14)19-17(12)20-24-18(25-26(20)11-23-19)15-7-3-4-8-16(15)21/h3-11H,1-2H3. The lowest BCUT2D eigenvalue weighted by Gasteiger charge is -2.06. The topological polar surface area (TPSA) is 60.9 Å². The fourth-order valence-corrected chi connectivity index (χ4v) is 3.64. The predicted octanol–water partition coefficient (Wildman–Crippen LogP) is 4.40. The third kappa shape index (κ3) is 2.34. The second-order valence-electron chi connectivity index (χ2n) is 6.38. The van der Waals surface area contributed by atoms with Gasteiger partial charge in [0.15, 0.2) is 17.1 Å². The Kier molecular flexibility index (Phi) is 3.48. The Morgan fingerprint density at radius 3 is 2.63 bits per heavy atom. The number of aryl methyl sites for hydroxylation is 1. The van der Waals surface area contributed by atoms with Gasteiger partial charge in [-0.05, 0) is 43.7 Å². The van der Waals surface area contributed by atoms with Gasteiger partial charge >= 0.3 is 0 Å². The fraction of sp³-hybridized carbons (Fsp3) is 0.100. The van der Waals surface area contributed by atoms with E-state index in [4.69, 9.17) is 16.6 Å². The van der Waals surface area contributed by atoms with Gasteiger partial charge in [0.25, 0.3) is 0 Å². The van der Waals surface area contributed by atoms with E-state index in [1.54, 1.807) is 17.0 Å². The highest BCUT2D eigenvalue weighted by atomic mass is 35.5. The maximum atomic E-state index is 6.33. The number of benzene rings is 1. The van der Waals surface area contributed by atoms with Gasteiger partial charge in [0.1, 0.15) is 6.33 Å². The van der Waals surface area contributed by atoms with Crippen molar-refractivity contribution in [3.63, 3.8) is 0 Å². The maximum Gasteiger partial charge on any atom is 0.183 e. The fourth-order valence-electron chi connectivity index (χ4n) is 3.42. The molecule has 4 heterocycles. The highest BCUT2D eigenvalue weighted by molar-refractivity contribution is 6.33. The zero-order valence-electron chi connectivity index (χ0n) is 14.8. The SMILES string of the molecule is Cc1c(C)n(-c2cccnc2)c2ncn3nc(-c4ccccc4Cl)nc3c12. The van der Waals surface area contributed by atoms with Gasteiger partial charge in [0.05, 0.1) is 22.3 Å². The highest BCUT2D eigenvalue weighted by Gasteiger charge is 2.19. The van der Waals surface area contributed by atoms with E-state index in [2.05, 4.69) is 33.5 Å². The molecule has 1 aromatic carbocycles. The third-order valence-electron chi connectivity index (χ3n) is 4.85. The van der Waals surface area contributed by atoms with Crippen molar-refractivity contribution in [3.05, 3.63) is 71.4 Å². The van der Waals surface area contributed by atoms with Crippen molar-refractivity contribution >= 4 is 28.3 Å². The third-order valence-corrected chi connectivity index (χ3v) is 5.18.